The summed E-state index contributed by atoms with van der Waals surface area (Å²) < 4.78 is 43.9. The summed E-state index contributed by atoms with van der Waals surface area (Å²) in [5, 5.41) is 6.25. The number of benzene rings is 1. The number of alkyl halides is 3. The van der Waals surface area contributed by atoms with Gasteiger partial charge in [-0.25, -0.2) is 9.97 Å². The first-order valence-electron chi connectivity index (χ1n) is 12.2. The normalized spacial score (nSPS) is 22.2. The number of ether oxygens (including phenoxy) is 1. The molecule has 2 aliphatic rings. The van der Waals surface area contributed by atoms with Gasteiger partial charge < -0.3 is 21.1 Å². The number of anilines is 3. The topological polar surface area (TPSA) is 120 Å². The molecule has 2 heterocycles. The van der Waals surface area contributed by atoms with Crippen LogP contribution in [0.25, 0.3) is 11.2 Å². The van der Waals surface area contributed by atoms with Gasteiger partial charge >= 0.3 is 6.36 Å². The molecule has 2 aromatic heterocycles. The Morgan fingerprint density at radius 1 is 1.16 bits per heavy atom. The van der Waals surface area contributed by atoms with Crippen LogP contribution >= 0.6 is 23.2 Å². The molecule has 204 valence electrons. The molecule has 5 rings (SSSR count). The van der Waals surface area contributed by atoms with E-state index in [1.165, 1.54) is 0 Å². The number of rotatable bonds is 7. The lowest BCUT2D eigenvalue weighted by atomic mass is 9.73. The van der Waals surface area contributed by atoms with Gasteiger partial charge in [0.25, 0.3) is 0 Å². The smallest absolute Gasteiger partial charge is 0.406 e. The number of amides is 1. The van der Waals surface area contributed by atoms with Gasteiger partial charge in [0, 0.05) is 29.6 Å². The first-order valence-corrected chi connectivity index (χ1v) is 13.0. The Morgan fingerprint density at radius 3 is 2.37 bits per heavy atom. The van der Waals surface area contributed by atoms with Crippen LogP contribution in [0.2, 0.25) is 10.0 Å². The van der Waals surface area contributed by atoms with Gasteiger partial charge in [0.1, 0.15) is 11.3 Å². The maximum atomic E-state index is 12.7. The van der Waals surface area contributed by atoms with E-state index in [4.69, 9.17) is 33.9 Å². The highest BCUT2D eigenvalue weighted by molar-refractivity contribution is 6.39. The lowest BCUT2D eigenvalue weighted by molar-refractivity contribution is -0.274. The number of imidazole rings is 1. The second-order valence-electron chi connectivity index (χ2n) is 10.1. The zero-order valence-electron chi connectivity index (χ0n) is 20.4. The summed E-state index contributed by atoms with van der Waals surface area (Å²) in [6, 6.07) is 2.28. The van der Waals surface area contributed by atoms with Crippen molar-refractivity contribution in [1.82, 2.24) is 19.5 Å². The van der Waals surface area contributed by atoms with Crippen LogP contribution in [-0.2, 0) is 4.79 Å². The van der Waals surface area contributed by atoms with Crippen molar-refractivity contribution in [2.24, 2.45) is 11.1 Å². The minimum atomic E-state index is -4.89. The summed E-state index contributed by atoms with van der Waals surface area (Å²) >= 11 is 12.6. The average Bonchev–Trinajstić information content (AvgIpc) is 3.15. The Hall–Kier alpha value is -2.99. The first-order chi connectivity index (χ1) is 17.9. The van der Waals surface area contributed by atoms with Gasteiger partial charge in [0.2, 0.25) is 17.8 Å². The molecular weight excluding hydrogens is 546 g/mol. The number of primary amides is 1. The van der Waals surface area contributed by atoms with E-state index < -0.39 is 17.5 Å². The molecule has 0 bridgehead atoms. The van der Waals surface area contributed by atoms with Crippen molar-refractivity contribution in [2.75, 3.05) is 10.6 Å². The number of hydrogen-bond donors (Lipinski definition) is 3. The summed E-state index contributed by atoms with van der Waals surface area (Å²) in [7, 11) is 0. The molecule has 9 nitrogen and oxygen atoms in total. The highest BCUT2D eigenvalue weighted by Crippen LogP contribution is 2.44. The predicted molar refractivity (Wildman–Crippen MR) is 138 cm³/mol. The Morgan fingerprint density at radius 2 is 1.82 bits per heavy atom. The molecule has 0 atom stereocenters. The van der Waals surface area contributed by atoms with Gasteiger partial charge in [-0.2, -0.15) is 4.98 Å². The molecule has 0 unspecified atom stereocenters. The fourth-order valence-corrected chi connectivity index (χ4v) is 5.41. The Labute approximate surface area is 226 Å². The lowest BCUT2D eigenvalue weighted by Gasteiger charge is -2.35. The minimum absolute atomic E-state index is 0.0845. The minimum Gasteiger partial charge on any atom is -0.406 e. The molecule has 3 aromatic rings. The Balaban J connectivity index is 1.52. The van der Waals surface area contributed by atoms with E-state index >= 15 is 0 Å². The van der Waals surface area contributed by atoms with Gasteiger partial charge in [0.05, 0.1) is 21.9 Å². The van der Waals surface area contributed by atoms with Crippen LogP contribution in [0.3, 0.4) is 0 Å². The number of hydrogen-bond acceptors (Lipinski definition) is 7. The molecule has 1 amide bonds. The second kappa shape index (κ2) is 9.96. The van der Waals surface area contributed by atoms with Crippen LogP contribution in [0.15, 0.2) is 18.3 Å². The predicted octanol–water partition coefficient (Wildman–Crippen LogP) is 6.35. The summed E-state index contributed by atoms with van der Waals surface area (Å²) in [5.41, 5.74) is 6.29. The zero-order chi connectivity index (χ0) is 27.2. The molecule has 0 saturated heterocycles. The van der Waals surface area contributed by atoms with E-state index in [2.05, 4.69) is 25.3 Å². The second-order valence-corrected chi connectivity index (χ2v) is 10.9. The van der Waals surface area contributed by atoms with Crippen molar-refractivity contribution < 1.29 is 22.7 Å². The standard InChI is InChI=1S/C24H26Cl2F3N7O2/c1-23(20(30)37)7-5-13(6-8-23)36-19-17(11-31-21(35-19)32-12-3-2-4-12)33-22(36)34-18-15(25)9-14(10-16(18)26)38-24(27,28)29/h9-13H,2-8H2,1H3,(H2,30,37)(H,33,34)(H,31,32,35)/t13-,23+. The van der Waals surface area contributed by atoms with Crippen LogP contribution in [0.1, 0.15) is 57.9 Å². The number of fused-ring (bicyclic) bond motifs is 1. The van der Waals surface area contributed by atoms with E-state index in [0.717, 1.165) is 31.4 Å². The van der Waals surface area contributed by atoms with Crippen LogP contribution in [0, 0.1) is 5.41 Å². The third-order valence-corrected chi connectivity index (χ3v) is 7.97. The van der Waals surface area contributed by atoms with Crippen LogP contribution in [-0.4, -0.2) is 37.8 Å². The molecule has 0 radical (unpaired) electrons. The number of halogens is 5. The molecular formula is C24H26Cl2F3N7O2. The Bertz CT molecular complexity index is 1350. The zero-order valence-corrected chi connectivity index (χ0v) is 21.9. The molecule has 4 N–H and O–H groups in total. The molecule has 38 heavy (non-hydrogen) atoms. The molecule has 14 heteroatoms. The number of carbonyl (C=O) groups excluding carboxylic acids is 1. The van der Waals surface area contributed by atoms with Gasteiger partial charge in [-0.1, -0.05) is 30.1 Å². The third kappa shape index (κ3) is 5.42. The number of nitrogens with two attached hydrogens (primary N) is 1. The van der Waals surface area contributed by atoms with E-state index in [0.29, 0.717) is 54.8 Å². The molecule has 2 fully saturated rings. The molecule has 2 saturated carbocycles. The van der Waals surface area contributed by atoms with E-state index in [1.54, 1.807) is 6.20 Å². The van der Waals surface area contributed by atoms with Gasteiger partial charge in [-0.15, -0.1) is 13.2 Å². The van der Waals surface area contributed by atoms with Crippen LogP contribution < -0.4 is 21.1 Å². The molecule has 0 aliphatic heterocycles. The van der Waals surface area contributed by atoms with Gasteiger partial charge in [-0.05, 0) is 44.9 Å². The van der Waals surface area contributed by atoms with Crippen LogP contribution in [0.5, 0.6) is 5.75 Å². The van der Waals surface area contributed by atoms with E-state index in [1.807, 2.05) is 11.5 Å². The molecule has 2 aliphatic carbocycles. The number of nitrogens with zero attached hydrogens (tertiary/aromatic N) is 4. The van der Waals surface area contributed by atoms with Crippen molar-refractivity contribution in [2.45, 2.75) is 70.3 Å². The number of carbonyl (C=O) groups is 1. The summed E-state index contributed by atoms with van der Waals surface area (Å²) in [4.78, 5) is 25.8. The fourth-order valence-electron chi connectivity index (χ4n) is 4.85. The summed E-state index contributed by atoms with van der Waals surface area (Å²) in [6.45, 7) is 1.86. The maximum absolute atomic E-state index is 12.7. The quantitative estimate of drug-likeness (QED) is 0.302. The third-order valence-electron chi connectivity index (χ3n) is 7.38. The largest absolute Gasteiger partial charge is 0.573 e. The van der Waals surface area contributed by atoms with Gasteiger partial charge in [0.15, 0.2) is 5.65 Å². The molecule has 1 aromatic carbocycles. The SMILES string of the molecule is C[C@]1(C(N)=O)CC[C@@H](n2c(Nc3c(Cl)cc(OC(F)(F)F)cc3Cl)nc3cnc(NC4CCC4)nc32)CC1. The number of nitrogens with one attached hydrogen (secondary N) is 2. The monoisotopic (exact) mass is 571 g/mol. The van der Waals surface area contributed by atoms with Gasteiger partial charge in [-0.3, -0.25) is 9.36 Å². The van der Waals surface area contributed by atoms with Crippen molar-refractivity contribution >= 4 is 57.9 Å². The van der Waals surface area contributed by atoms with Crippen molar-refractivity contribution in [3.05, 3.63) is 28.4 Å². The van der Waals surface area contributed by atoms with Crippen LogP contribution in [0.4, 0.5) is 30.8 Å². The maximum Gasteiger partial charge on any atom is 0.573 e. The summed E-state index contributed by atoms with van der Waals surface area (Å²) in [5.74, 6) is -0.0468. The van der Waals surface area contributed by atoms with E-state index in [-0.39, 0.29) is 27.7 Å². The number of aromatic nitrogens is 4. The molecule has 0 spiro atoms. The van der Waals surface area contributed by atoms with Crippen molar-refractivity contribution in [1.29, 1.82) is 0 Å². The van der Waals surface area contributed by atoms with Crippen molar-refractivity contribution in [3.63, 3.8) is 0 Å². The van der Waals surface area contributed by atoms with E-state index in [9.17, 15) is 18.0 Å². The first kappa shape index (κ1) is 26.6. The fraction of sp³-hybridized carbons (Fsp3) is 0.500. The Kier molecular flexibility index (Phi) is 6.97. The summed E-state index contributed by atoms with van der Waals surface area (Å²) in [6.07, 6.45) is 2.40. The lowest BCUT2D eigenvalue weighted by Crippen LogP contribution is -2.38. The van der Waals surface area contributed by atoms with Crippen molar-refractivity contribution in [3.8, 4) is 5.75 Å². The highest BCUT2D eigenvalue weighted by atomic mass is 35.5. The average molecular weight is 572 g/mol. The highest BCUT2D eigenvalue weighted by Gasteiger charge is 2.38.